The van der Waals surface area contributed by atoms with E-state index >= 15 is 0 Å². The van der Waals surface area contributed by atoms with Gasteiger partial charge in [0.1, 0.15) is 19.1 Å². The molecule has 0 amide bonds. The van der Waals surface area contributed by atoms with Crippen LogP contribution in [-0.2, 0) is 17.6 Å². The number of anilines is 1. The van der Waals surface area contributed by atoms with Crippen molar-refractivity contribution >= 4 is 13.8 Å². The fraction of sp³-hybridized carbons (Fsp3) is 0.500. The van der Waals surface area contributed by atoms with Gasteiger partial charge >= 0.3 is 6.18 Å². The van der Waals surface area contributed by atoms with Crippen molar-refractivity contribution in [3.05, 3.63) is 41.7 Å². The molecular formula is C18H24F3N3O2Si. The molecule has 0 radical (unpaired) electrons. The summed E-state index contributed by atoms with van der Waals surface area (Å²) < 4.78 is 51.2. The van der Waals surface area contributed by atoms with Gasteiger partial charge in [0.15, 0.2) is 0 Å². The molecule has 0 fully saturated rings. The normalized spacial score (nSPS) is 16.9. The quantitative estimate of drug-likeness (QED) is 0.539. The maximum Gasteiger partial charge on any atom is 0.416 e. The molecule has 148 valence electrons. The maximum absolute atomic E-state index is 12.8. The van der Waals surface area contributed by atoms with Gasteiger partial charge in [0.05, 0.1) is 29.7 Å². The Bertz CT molecular complexity index is 787. The highest BCUT2D eigenvalue weighted by molar-refractivity contribution is 6.76. The summed E-state index contributed by atoms with van der Waals surface area (Å²) in [5, 5.41) is 7.50. The van der Waals surface area contributed by atoms with Gasteiger partial charge in [-0.2, -0.15) is 18.3 Å². The minimum absolute atomic E-state index is 0.215. The molecule has 1 aromatic carbocycles. The fourth-order valence-corrected chi connectivity index (χ4v) is 3.51. The lowest BCUT2D eigenvalue weighted by molar-refractivity contribution is -0.137. The fourth-order valence-electron chi connectivity index (χ4n) is 2.75. The number of aromatic nitrogens is 2. The van der Waals surface area contributed by atoms with Gasteiger partial charge in [-0.25, -0.2) is 4.68 Å². The predicted octanol–water partition coefficient (Wildman–Crippen LogP) is 4.76. The Hall–Kier alpha value is -2.00. The third kappa shape index (κ3) is 5.26. The SMILES string of the molecule is C[Si](C)(C)CCOCn1cc(N[C@@H]2COc3cc(C(F)(F)F)ccc32)cn1. The van der Waals surface area contributed by atoms with Crippen molar-refractivity contribution < 1.29 is 22.6 Å². The van der Waals surface area contributed by atoms with Crippen LogP contribution in [0.5, 0.6) is 5.75 Å². The number of nitrogens with one attached hydrogen (secondary N) is 1. The predicted molar refractivity (Wildman–Crippen MR) is 99.6 cm³/mol. The number of hydrogen-bond acceptors (Lipinski definition) is 4. The lowest BCUT2D eigenvalue weighted by Gasteiger charge is -2.15. The van der Waals surface area contributed by atoms with Gasteiger partial charge in [-0.1, -0.05) is 25.7 Å². The van der Waals surface area contributed by atoms with E-state index in [1.807, 2.05) is 6.20 Å². The van der Waals surface area contributed by atoms with Crippen LogP contribution in [-0.4, -0.2) is 31.1 Å². The van der Waals surface area contributed by atoms with Crippen molar-refractivity contribution in [1.29, 1.82) is 0 Å². The van der Waals surface area contributed by atoms with Crippen LogP contribution < -0.4 is 10.1 Å². The lowest BCUT2D eigenvalue weighted by Crippen LogP contribution is -2.22. The van der Waals surface area contributed by atoms with Crippen LogP contribution in [0.1, 0.15) is 17.2 Å². The Labute approximate surface area is 157 Å². The molecule has 0 saturated carbocycles. The van der Waals surface area contributed by atoms with Crippen LogP contribution in [0.4, 0.5) is 18.9 Å². The first-order valence-electron chi connectivity index (χ1n) is 8.82. The molecule has 0 spiro atoms. The second-order valence-corrected chi connectivity index (χ2v) is 13.5. The molecule has 2 aromatic rings. The molecule has 0 saturated heterocycles. The summed E-state index contributed by atoms with van der Waals surface area (Å²) in [5.41, 5.74) is 0.775. The first kappa shape index (κ1) is 19.8. The van der Waals surface area contributed by atoms with Crippen molar-refractivity contribution in [2.45, 2.75) is 44.6 Å². The second kappa shape index (κ2) is 7.55. The third-order valence-corrected chi connectivity index (χ3v) is 6.02. The highest BCUT2D eigenvalue weighted by Gasteiger charge is 2.33. The molecule has 1 aliphatic heterocycles. The molecule has 27 heavy (non-hydrogen) atoms. The van der Waals surface area contributed by atoms with E-state index in [1.165, 1.54) is 6.07 Å². The van der Waals surface area contributed by atoms with E-state index in [9.17, 15) is 13.2 Å². The molecule has 3 rings (SSSR count). The molecule has 5 nitrogen and oxygen atoms in total. The van der Waals surface area contributed by atoms with Crippen molar-refractivity contribution in [3.8, 4) is 5.75 Å². The van der Waals surface area contributed by atoms with Gasteiger partial charge in [-0.15, -0.1) is 0 Å². The first-order chi connectivity index (χ1) is 12.6. The van der Waals surface area contributed by atoms with Crippen molar-refractivity contribution in [2.75, 3.05) is 18.5 Å². The van der Waals surface area contributed by atoms with Gasteiger partial charge in [0.2, 0.25) is 0 Å². The van der Waals surface area contributed by atoms with Crippen molar-refractivity contribution in [1.82, 2.24) is 9.78 Å². The summed E-state index contributed by atoms with van der Waals surface area (Å²) in [5.74, 6) is 0.268. The van der Waals surface area contributed by atoms with E-state index in [1.54, 1.807) is 10.9 Å². The van der Waals surface area contributed by atoms with Crippen molar-refractivity contribution in [2.24, 2.45) is 0 Å². The molecule has 1 N–H and O–H groups in total. The third-order valence-electron chi connectivity index (χ3n) is 4.32. The number of ether oxygens (including phenoxy) is 2. The minimum Gasteiger partial charge on any atom is -0.491 e. The lowest BCUT2D eigenvalue weighted by atomic mass is 10.1. The Balaban J connectivity index is 1.56. The summed E-state index contributed by atoms with van der Waals surface area (Å²) in [6.07, 6.45) is -0.888. The van der Waals surface area contributed by atoms with Gasteiger partial charge in [-0.05, 0) is 18.2 Å². The standard InChI is InChI=1S/C18H24F3N3O2Si/c1-27(2,3)7-6-25-12-24-10-14(9-22-24)23-16-11-26-17-8-13(18(19,20)21)4-5-15(16)17/h4-5,8-10,16,23H,6-7,11-12H2,1-3H3/t16-/m1/s1. The molecule has 0 bridgehead atoms. The first-order valence-corrected chi connectivity index (χ1v) is 12.5. The number of nitrogens with zero attached hydrogens (tertiary/aromatic N) is 2. The number of alkyl halides is 3. The average Bonchev–Trinajstić information content (AvgIpc) is 3.17. The van der Waals surface area contributed by atoms with Gasteiger partial charge in [0, 0.05) is 20.2 Å². The largest absolute Gasteiger partial charge is 0.491 e. The zero-order valence-corrected chi connectivity index (χ0v) is 16.6. The second-order valence-electron chi connectivity index (χ2n) is 7.87. The number of benzene rings is 1. The van der Waals surface area contributed by atoms with Crippen LogP contribution in [0, 0.1) is 0 Å². The van der Waals surface area contributed by atoms with E-state index in [-0.39, 0.29) is 18.4 Å². The Kier molecular flexibility index (Phi) is 5.52. The Morgan fingerprint density at radius 2 is 2.11 bits per heavy atom. The molecule has 0 aliphatic carbocycles. The summed E-state index contributed by atoms with van der Waals surface area (Å²) in [6.45, 7) is 8.25. The van der Waals surface area contributed by atoms with Crippen LogP contribution >= 0.6 is 0 Å². The number of fused-ring (bicyclic) bond motifs is 1. The molecule has 2 heterocycles. The highest BCUT2D eigenvalue weighted by Crippen LogP contribution is 2.39. The minimum atomic E-state index is -4.37. The Morgan fingerprint density at radius 1 is 1.33 bits per heavy atom. The monoisotopic (exact) mass is 399 g/mol. The van der Waals surface area contributed by atoms with Gasteiger partial charge in [0.25, 0.3) is 0 Å². The molecule has 1 aliphatic rings. The van der Waals surface area contributed by atoms with Crippen LogP contribution in [0.15, 0.2) is 30.6 Å². The van der Waals surface area contributed by atoms with Gasteiger partial charge < -0.3 is 14.8 Å². The summed E-state index contributed by atoms with van der Waals surface area (Å²) in [4.78, 5) is 0. The molecule has 9 heteroatoms. The van der Waals surface area contributed by atoms with E-state index in [0.29, 0.717) is 18.9 Å². The van der Waals surface area contributed by atoms with Crippen molar-refractivity contribution in [3.63, 3.8) is 0 Å². The maximum atomic E-state index is 12.8. The summed E-state index contributed by atoms with van der Waals surface area (Å²) in [6, 6.07) is 4.47. The summed E-state index contributed by atoms with van der Waals surface area (Å²) >= 11 is 0. The molecular weight excluding hydrogens is 375 g/mol. The zero-order valence-electron chi connectivity index (χ0n) is 15.6. The molecule has 0 unspecified atom stereocenters. The van der Waals surface area contributed by atoms with Gasteiger partial charge in [-0.3, -0.25) is 0 Å². The molecule has 1 atom stereocenters. The number of hydrogen-bond donors (Lipinski definition) is 1. The topological polar surface area (TPSA) is 48.3 Å². The average molecular weight is 399 g/mol. The smallest absolute Gasteiger partial charge is 0.416 e. The van der Waals surface area contributed by atoms with Crippen LogP contribution in [0.3, 0.4) is 0 Å². The zero-order chi connectivity index (χ0) is 19.7. The summed E-state index contributed by atoms with van der Waals surface area (Å²) in [7, 11) is -1.12. The van der Waals surface area contributed by atoms with E-state index in [0.717, 1.165) is 23.9 Å². The number of halogens is 3. The Morgan fingerprint density at radius 3 is 2.81 bits per heavy atom. The highest BCUT2D eigenvalue weighted by atomic mass is 28.3. The van der Waals surface area contributed by atoms with E-state index < -0.39 is 19.8 Å². The number of rotatable bonds is 7. The molecule has 1 aromatic heterocycles. The van der Waals surface area contributed by atoms with E-state index in [4.69, 9.17) is 9.47 Å². The van der Waals surface area contributed by atoms with E-state index in [2.05, 4.69) is 30.1 Å². The van der Waals surface area contributed by atoms with Crippen LogP contribution in [0.25, 0.3) is 0 Å². The van der Waals surface area contributed by atoms with Crippen LogP contribution in [0.2, 0.25) is 25.7 Å².